The van der Waals surface area contributed by atoms with Gasteiger partial charge < -0.3 is 5.73 Å². The van der Waals surface area contributed by atoms with Crippen molar-refractivity contribution in [2.75, 3.05) is 0 Å². The monoisotopic (exact) mass is 148 g/mol. The predicted molar refractivity (Wildman–Crippen MR) is 43.8 cm³/mol. The lowest BCUT2D eigenvalue weighted by molar-refractivity contribution is 0.0988. The second-order valence-electron chi connectivity index (χ2n) is 2.35. The summed E-state index contributed by atoms with van der Waals surface area (Å²) < 4.78 is 0. The summed E-state index contributed by atoms with van der Waals surface area (Å²) in [5.74, 6) is 0.130. The van der Waals surface area contributed by atoms with Gasteiger partial charge in [0.05, 0.1) is 5.69 Å². The van der Waals surface area contributed by atoms with Crippen molar-refractivity contribution in [2.45, 2.75) is 13.3 Å². The molecule has 1 aromatic rings. The van der Waals surface area contributed by atoms with E-state index >= 15 is 0 Å². The SMILES string of the molecule is CCC(=O)c1ccc([NH])cc1. The zero-order chi connectivity index (χ0) is 8.27. The van der Waals surface area contributed by atoms with Gasteiger partial charge >= 0.3 is 0 Å². The third kappa shape index (κ3) is 1.80. The molecule has 1 radical (unpaired) electrons. The van der Waals surface area contributed by atoms with Crippen molar-refractivity contribution in [3.63, 3.8) is 0 Å². The molecule has 1 N–H and O–H groups in total. The first-order valence-corrected chi connectivity index (χ1v) is 3.59. The van der Waals surface area contributed by atoms with Crippen LogP contribution in [0.5, 0.6) is 0 Å². The maximum atomic E-state index is 11.1. The number of rotatable bonds is 2. The molecule has 0 saturated heterocycles. The highest BCUT2D eigenvalue weighted by molar-refractivity contribution is 5.96. The standard InChI is InChI=1S/C9H10NO/c1-2-9(11)7-3-5-8(10)6-4-7/h3-6,10H,2H2,1H3. The molecule has 2 heteroatoms. The van der Waals surface area contributed by atoms with Gasteiger partial charge in [-0.3, -0.25) is 4.79 Å². The van der Waals surface area contributed by atoms with Gasteiger partial charge in [0.25, 0.3) is 0 Å². The smallest absolute Gasteiger partial charge is 0.162 e. The summed E-state index contributed by atoms with van der Waals surface area (Å²) in [5.41, 5.74) is 8.32. The van der Waals surface area contributed by atoms with Crippen LogP contribution in [-0.4, -0.2) is 5.78 Å². The molecule has 0 fully saturated rings. The van der Waals surface area contributed by atoms with Crippen molar-refractivity contribution in [3.8, 4) is 0 Å². The highest BCUT2D eigenvalue weighted by atomic mass is 16.1. The lowest BCUT2D eigenvalue weighted by Crippen LogP contribution is -1.94. The summed E-state index contributed by atoms with van der Waals surface area (Å²) in [4.78, 5) is 11.1. The zero-order valence-corrected chi connectivity index (χ0v) is 6.42. The van der Waals surface area contributed by atoms with Gasteiger partial charge in [0, 0.05) is 12.0 Å². The Hall–Kier alpha value is -1.31. The van der Waals surface area contributed by atoms with Crippen molar-refractivity contribution < 1.29 is 4.79 Å². The fourth-order valence-electron chi connectivity index (χ4n) is 0.860. The Morgan fingerprint density at radius 2 is 1.91 bits per heavy atom. The van der Waals surface area contributed by atoms with Crippen LogP contribution in [0, 0.1) is 0 Å². The number of Topliss-reactive ketones (excluding diaryl/α,β-unsaturated/α-hetero) is 1. The minimum atomic E-state index is 0.130. The molecule has 2 nitrogen and oxygen atoms in total. The highest BCUT2D eigenvalue weighted by Gasteiger charge is 2.00. The molecule has 0 spiro atoms. The Morgan fingerprint density at radius 1 is 1.36 bits per heavy atom. The molecule has 0 aliphatic carbocycles. The van der Waals surface area contributed by atoms with Gasteiger partial charge in [0.1, 0.15) is 0 Å². The highest BCUT2D eigenvalue weighted by Crippen LogP contribution is 2.08. The van der Waals surface area contributed by atoms with Crippen LogP contribution >= 0.6 is 0 Å². The Balaban J connectivity index is 2.90. The third-order valence-electron chi connectivity index (χ3n) is 1.53. The lowest BCUT2D eigenvalue weighted by Gasteiger charge is -1.96. The number of carbonyl (C=O) groups excluding carboxylic acids is 1. The van der Waals surface area contributed by atoms with Gasteiger partial charge in [0.2, 0.25) is 0 Å². The van der Waals surface area contributed by atoms with Crippen molar-refractivity contribution in [1.29, 1.82) is 0 Å². The maximum Gasteiger partial charge on any atom is 0.162 e. The fourth-order valence-corrected chi connectivity index (χ4v) is 0.860. The van der Waals surface area contributed by atoms with Crippen molar-refractivity contribution in [2.24, 2.45) is 0 Å². The van der Waals surface area contributed by atoms with Crippen LogP contribution in [0.15, 0.2) is 24.3 Å². The van der Waals surface area contributed by atoms with E-state index in [-0.39, 0.29) is 5.78 Å². The molecule has 0 atom stereocenters. The summed E-state index contributed by atoms with van der Waals surface area (Å²) in [6.45, 7) is 1.83. The van der Waals surface area contributed by atoms with Crippen LogP contribution in [0.3, 0.4) is 0 Å². The van der Waals surface area contributed by atoms with E-state index in [0.29, 0.717) is 17.7 Å². The maximum absolute atomic E-state index is 11.1. The predicted octanol–water partition coefficient (Wildman–Crippen LogP) is 2.19. The van der Waals surface area contributed by atoms with E-state index in [4.69, 9.17) is 5.73 Å². The van der Waals surface area contributed by atoms with Gasteiger partial charge in [-0.25, -0.2) is 0 Å². The number of nitrogens with one attached hydrogen (secondary N) is 1. The molecule has 11 heavy (non-hydrogen) atoms. The first-order valence-electron chi connectivity index (χ1n) is 3.59. The third-order valence-corrected chi connectivity index (χ3v) is 1.53. The van der Waals surface area contributed by atoms with E-state index < -0.39 is 0 Å². The van der Waals surface area contributed by atoms with Crippen LogP contribution in [0.2, 0.25) is 0 Å². The van der Waals surface area contributed by atoms with Crippen molar-refractivity contribution >= 4 is 11.5 Å². The van der Waals surface area contributed by atoms with Gasteiger partial charge in [-0.05, 0) is 24.3 Å². The molecular weight excluding hydrogens is 138 g/mol. The van der Waals surface area contributed by atoms with Crippen LogP contribution < -0.4 is 5.73 Å². The van der Waals surface area contributed by atoms with E-state index in [1.165, 1.54) is 0 Å². The molecule has 0 aliphatic heterocycles. The fraction of sp³-hybridized carbons (Fsp3) is 0.222. The number of benzene rings is 1. The van der Waals surface area contributed by atoms with Crippen LogP contribution in [0.25, 0.3) is 0 Å². The van der Waals surface area contributed by atoms with E-state index in [2.05, 4.69) is 0 Å². The second kappa shape index (κ2) is 3.19. The van der Waals surface area contributed by atoms with Crippen molar-refractivity contribution in [1.82, 2.24) is 5.73 Å². The van der Waals surface area contributed by atoms with Gasteiger partial charge in [-0.15, -0.1) is 0 Å². The largest absolute Gasteiger partial charge is 0.301 e. The molecule has 0 bridgehead atoms. The molecule has 0 aliphatic rings. The lowest BCUT2D eigenvalue weighted by atomic mass is 10.1. The molecule has 0 heterocycles. The minimum Gasteiger partial charge on any atom is -0.301 e. The van der Waals surface area contributed by atoms with Gasteiger partial charge in [0.15, 0.2) is 5.78 Å². The van der Waals surface area contributed by atoms with E-state index in [1.807, 2.05) is 6.92 Å². The molecule has 0 amide bonds. The first-order chi connectivity index (χ1) is 5.24. The summed E-state index contributed by atoms with van der Waals surface area (Å²) in [6, 6.07) is 6.63. The number of hydrogen-bond acceptors (Lipinski definition) is 1. The van der Waals surface area contributed by atoms with E-state index in [0.717, 1.165) is 0 Å². The van der Waals surface area contributed by atoms with Crippen LogP contribution in [0.4, 0.5) is 5.69 Å². The molecule has 57 valence electrons. The molecule has 1 rings (SSSR count). The Kier molecular flexibility index (Phi) is 2.26. The molecule has 1 aromatic carbocycles. The van der Waals surface area contributed by atoms with Crippen LogP contribution in [0.1, 0.15) is 23.7 Å². The Bertz CT molecular complexity index is 251. The first kappa shape index (κ1) is 7.79. The van der Waals surface area contributed by atoms with Crippen LogP contribution in [-0.2, 0) is 0 Å². The average Bonchev–Trinajstić information content (AvgIpc) is 2.05. The van der Waals surface area contributed by atoms with E-state index in [1.54, 1.807) is 24.3 Å². The zero-order valence-electron chi connectivity index (χ0n) is 6.42. The van der Waals surface area contributed by atoms with Gasteiger partial charge in [-0.2, -0.15) is 0 Å². The number of carbonyl (C=O) groups is 1. The quantitative estimate of drug-likeness (QED) is 0.592. The molecule has 0 unspecified atom stereocenters. The molecule has 0 saturated carbocycles. The summed E-state index contributed by atoms with van der Waals surface area (Å²) in [7, 11) is 0. The average molecular weight is 148 g/mol. The van der Waals surface area contributed by atoms with Gasteiger partial charge in [-0.1, -0.05) is 6.92 Å². The topological polar surface area (TPSA) is 40.9 Å². The summed E-state index contributed by atoms with van der Waals surface area (Å²) in [6.07, 6.45) is 0.525. The number of hydrogen-bond donors (Lipinski definition) is 0. The summed E-state index contributed by atoms with van der Waals surface area (Å²) in [5, 5.41) is 0. The normalized spacial score (nSPS) is 9.55. The second-order valence-corrected chi connectivity index (χ2v) is 2.35. The Morgan fingerprint density at radius 3 is 2.36 bits per heavy atom. The minimum absolute atomic E-state index is 0.130. The van der Waals surface area contributed by atoms with Crippen molar-refractivity contribution in [3.05, 3.63) is 29.8 Å². The molecular formula is C9H10NO. The van der Waals surface area contributed by atoms with E-state index in [9.17, 15) is 4.79 Å². The Labute approximate surface area is 66.0 Å². The number of ketones is 1. The molecule has 0 aromatic heterocycles. The summed E-state index contributed by atoms with van der Waals surface area (Å²) >= 11 is 0.